The van der Waals surface area contributed by atoms with Gasteiger partial charge in [0.1, 0.15) is 17.2 Å². The molecule has 0 fully saturated rings. The number of nitrogens with zero attached hydrogens (tertiary/aromatic N) is 6. The van der Waals surface area contributed by atoms with Gasteiger partial charge in [-0.2, -0.15) is 4.98 Å². The fourth-order valence-electron chi connectivity index (χ4n) is 4.21. The van der Waals surface area contributed by atoms with E-state index >= 15 is 0 Å². The quantitative estimate of drug-likeness (QED) is 0.161. The Morgan fingerprint density at radius 3 is 2.61 bits per heavy atom. The van der Waals surface area contributed by atoms with Crippen LogP contribution in [0, 0.1) is 10.1 Å². The number of aromatic nitrogens is 3. The van der Waals surface area contributed by atoms with Crippen molar-refractivity contribution < 1.29 is 14.5 Å². The molecule has 0 spiro atoms. The third-order valence-corrected chi connectivity index (χ3v) is 6.04. The Morgan fingerprint density at radius 2 is 1.95 bits per heavy atom. The van der Waals surface area contributed by atoms with Crippen LogP contribution in [0.2, 0.25) is 0 Å². The normalized spacial score (nSPS) is 11.1. The number of nitrogens with two attached hydrogens (primary N) is 2. The van der Waals surface area contributed by atoms with E-state index in [4.69, 9.17) is 16.2 Å². The number of nitrogen functional groups attached to an aromatic ring is 1. The van der Waals surface area contributed by atoms with Gasteiger partial charge in [-0.05, 0) is 26.2 Å². The highest BCUT2D eigenvalue weighted by atomic mass is 16.6. The molecule has 0 aliphatic rings. The van der Waals surface area contributed by atoms with E-state index in [1.807, 2.05) is 37.2 Å². The van der Waals surface area contributed by atoms with E-state index in [1.54, 1.807) is 34.8 Å². The van der Waals surface area contributed by atoms with Crippen molar-refractivity contribution in [2.45, 2.75) is 0 Å². The summed E-state index contributed by atoms with van der Waals surface area (Å²) in [6, 6.07) is 10.3. The molecule has 0 aliphatic carbocycles. The molecule has 38 heavy (non-hydrogen) atoms. The van der Waals surface area contributed by atoms with Crippen LogP contribution in [0.15, 0.2) is 48.8 Å². The van der Waals surface area contributed by atoms with Crippen molar-refractivity contribution in [3.05, 3.63) is 64.5 Å². The van der Waals surface area contributed by atoms with Gasteiger partial charge in [-0.25, -0.2) is 4.98 Å². The summed E-state index contributed by atoms with van der Waals surface area (Å²) in [6.07, 6.45) is 3.14. The number of amides is 1. The molecule has 4 aromatic rings. The van der Waals surface area contributed by atoms with Gasteiger partial charge in [-0.3, -0.25) is 14.9 Å². The van der Waals surface area contributed by atoms with Crippen molar-refractivity contribution in [1.82, 2.24) is 19.4 Å². The topological polar surface area (TPSA) is 171 Å². The van der Waals surface area contributed by atoms with Crippen LogP contribution >= 0.6 is 0 Å². The van der Waals surface area contributed by atoms with Crippen molar-refractivity contribution >= 4 is 45.5 Å². The number of anilines is 4. The number of rotatable bonds is 10. The predicted octanol–water partition coefficient (Wildman–Crippen LogP) is 2.76. The van der Waals surface area contributed by atoms with Crippen LogP contribution in [0.1, 0.15) is 10.4 Å². The monoisotopic (exact) mass is 519 g/mol. The molecule has 4 rings (SSSR count). The molecule has 13 heteroatoms. The molecule has 2 aromatic carbocycles. The number of hydrogen-bond acceptors (Lipinski definition) is 10. The lowest BCUT2D eigenvalue weighted by atomic mass is 10.1. The number of nitrogens with one attached hydrogen (secondary N) is 1. The summed E-state index contributed by atoms with van der Waals surface area (Å²) in [5.74, 6) is 0.253. The fourth-order valence-corrected chi connectivity index (χ4v) is 4.21. The Balaban J connectivity index is 1.76. The molecule has 0 unspecified atom stereocenters. The minimum atomic E-state index is -0.560. The fraction of sp³-hybridized carbons (Fsp3) is 0.240. The van der Waals surface area contributed by atoms with Crippen molar-refractivity contribution in [2.75, 3.05) is 57.3 Å². The van der Waals surface area contributed by atoms with Gasteiger partial charge in [0, 0.05) is 44.0 Å². The molecule has 0 bridgehead atoms. The lowest BCUT2D eigenvalue weighted by Gasteiger charge is -2.24. The van der Waals surface area contributed by atoms with Crippen LogP contribution in [0.3, 0.4) is 0 Å². The Morgan fingerprint density at radius 1 is 1.21 bits per heavy atom. The van der Waals surface area contributed by atoms with Gasteiger partial charge in [-0.1, -0.05) is 18.2 Å². The molecule has 0 aliphatic heterocycles. The summed E-state index contributed by atoms with van der Waals surface area (Å²) in [4.78, 5) is 36.0. The van der Waals surface area contributed by atoms with Crippen LogP contribution in [-0.2, 0) is 0 Å². The van der Waals surface area contributed by atoms with Crippen molar-refractivity contribution in [3.8, 4) is 11.6 Å². The van der Waals surface area contributed by atoms with E-state index in [2.05, 4.69) is 15.3 Å². The first-order chi connectivity index (χ1) is 18.1. The summed E-state index contributed by atoms with van der Waals surface area (Å²) in [5.41, 5.74) is 13.5. The summed E-state index contributed by atoms with van der Waals surface area (Å²) < 4.78 is 7.26. The number of ether oxygens (including phenoxy) is 1. The number of hydrogen-bond donors (Lipinski definition) is 3. The zero-order chi connectivity index (χ0) is 27.6. The summed E-state index contributed by atoms with van der Waals surface area (Å²) in [5, 5.41) is 15.7. The lowest BCUT2D eigenvalue weighted by molar-refractivity contribution is -0.384. The van der Waals surface area contributed by atoms with Crippen LogP contribution in [0.5, 0.6) is 5.75 Å². The summed E-state index contributed by atoms with van der Waals surface area (Å²) in [6.45, 7) is 1.18. The second-order valence-corrected chi connectivity index (χ2v) is 8.88. The molecule has 5 N–H and O–H groups in total. The zero-order valence-corrected chi connectivity index (χ0v) is 21.5. The van der Waals surface area contributed by atoms with Gasteiger partial charge in [0.2, 0.25) is 5.95 Å². The summed E-state index contributed by atoms with van der Waals surface area (Å²) >= 11 is 0. The summed E-state index contributed by atoms with van der Waals surface area (Å²) in [7, 11) is 7.00. The zero-order valence-electron chi connectivity index (χ0n) is 21.5. The maximum Gasteiger partial charge on any atom is 0.297 e. The number of carbonyl (C=O) groups is 1. The largest absolute Gasteiger partial charge is 0.492 e. The number of nitro groups is 1. The van der Waals surface area contributed by atoms with Crippen molar-refractivity contribution in [2.24, 2.45) is 5.73 Å². The molecule has 2 aromatic heterocycles. The highest BCUT2D eigenvalue weighted by Gasteiger charge is 2.27. The molecule has 0 atom stereocenters. The first-order valence-electron chi connectivity index (χ1n) is 11.6. The van der Waals surface area contributed by atoms with E-state index in [1.165, 1.54) is 19.4 Å². The SMILES string of the molecule is COc1c(Nc2nccc(-n3cc(C(N)=O)c4ccccc43)n2)cc([N+](=O)[O-])c(N(C)CCN(C)C)c1N. The molecule has 0 saturated heterocycles. The van der Waals surface area contributed by atoms with Crippen LogP contribution in [0.25, 0.3) is 16.7 Å². The van der Waals surface area contributed by atoms with E-state index < -0.39 is 10.8 Å². The third kappa shape index (κ3) is 4.99. The molecule has 13 nitrogen and oxygen atoms in total. The number of methoxy groups -OCH3 is 1. The molecular weight excluding hydrogens is 490 g/mol. The average molecular weight is 520 g/mol. The van der Waals surface area contributed by atoms with Gasteiger partial charge >= 0.3 is 0 Å². The highest BCUT2D eigenvalue weighted by Crippen LogP contribution is 2.45. The first kappa shape index (κ1) is 26.2. The highest BCUT2D eigenvalue weighted by molar-refractivity contribution is 6.06. The van der Waals surface area contributed by atoms with Crippen molar-refractivity contribution in [1.29, 1.82) is 0 Å². The van der Waals surface area contributed by atoms with Gasteiger partial charge in [0.25, 0.3) is 11.6 Å². The number of nitro benzene ring substituents is 1. The van der Waals surface area contributed by atoms with Crippen molar-refractivity contribution in [3.63, 3.8) is 0 Å². The molecule has 1 amide bonds. The van der Waals surface area contributed by atoms with E-state index in [0.717, 1.165) is 5.52 Å². The van der Waals surface area contributed by atoms with E-state index in [9.17, 15) is 14.9 Å². The Kier molecular flexibility index (Phi) is 7.30. The third-order valence-electron chi connectivity index (χ3n) is 6.04. The first-order valence-corrected chi connectivity index (χ1v) is 11.6. The molecule has 0 saturated carbocycles. The van der Waals surface area contributed by atoms with Crippen LogP contribution < -0.4 is 26.4 Å². The number of para-hydroxylation sites is 1. The van der Waals surface area contributed by atoms with Crippen LogP contribution in [-0.4, -0.2) is 71.6 Å². The maximum atomic E-state index is 12.0. The van der Waals surface area contributed by atoms with Gasteiger partial charge in [-0.15, -0.1) is 0 Å². The van der Waals surface area contributed by atoms with Gasteiger partial charge < -0.3 is 35.9 Å². The second-order valence-electron chi connectivity index (χ2n) is 8.88. The second kappa shape index (κ2) is 10.6. The number of primary amides is 1. The Bertz CT molecular complexity index is 1520. The Labute approximate surface area is 218 Å². The smallest absolute Gasteiger partial charge is 0.297 e. The lowest BCUT2D eigenvalue weighted by Crippen LogP contribution is -2.29. The minimum Gasteiger partial charge on any atom is -0.492 e. The molecule has 198 valence electrons. The number of fused-ring (bicyclic) bond motifs is 1. The average Bonchev–Trinajstić information content (AvgIpc) is 3.27. The van der Waals surface area contributed by atoms with E-state index in [0.29, 0.717) is 29.9 Å². The van der Waals surface area contributed by atoms with Gasteiger partial charge in [0.05, 0.1) is 28.8 Å². The number of likely N-dealkylation sites (N-methyl/N-ethyl adjacent to an activating group) is 2. The number of benzene rings is 2. The minimum absolute atomic E-state index is 0.115. The standard InChI is InChI=1S/C25H29N9O4/c1-31(2)11-12-32(3)22-19(34(36)37)13-17(23(38-4)21(22)26)29-25-28-10-9-20(30-25)33-14-16(24(27)35)15-7-5-6-8-18(15)33/h5-10,13-14H,11-12,26H2,1-4H3,(H2,27,35)(H,28,29,30). The maximum absolute atomic E-state index is 12.0. The Hall–Kier alpha value is -4.91. The molecule has 2 heterocycles. The van der Waals surface area contributed by atoms with E-state index in [-0.39, 0.29) is 34.4 Å². The molecule has 0 radical (unpaired) electrons. The predicted molar refractivity (Wildman–Crippen MR) is 147 cm³/mol. The molecular formula is C25H29N9O4. The van der Waals surface area contributed by atoms with Gasteiger partial charge in [0.15, 0.2) is 5.75 Å². The number of carbonyl (C=O) groups excluding carboxylic acids is 1. The van der Waals surface area contributed by atoms with Crippen LogP contribution in [0.4, 0.5) is 28.7 Å².